The van der Waals surface area contributed by atoms with Crippen LogP contribution in [0.3, 0.4) is 0 Å². The Bertz CT molecular complexity index is 437. The van der Waals surface area contributed by atoms with E-state index in [0.717, 1.165) is 45.0 Å². The van der Waals surface area contributed by atoms with Crippen molar-refractivity contribution in [2.45, 2.75) is 38.8 Å². The van der Waals surface area contributed by atoms with Crippen LogP contribution in [0.4, 0.5) is 0 Å². The monoisotopic (exact) mass is 293 g/mol. The number of aromatic nitrogens is 2. The summed E-state index contributed by atoms with van der Waals surface area (Å²) < 4.78 is 7.73. The van der Waals surface area contributed by atoms with E-state index in [9.17, 15) is 0 Å². The van der Waals surface area contributed by atoms with Crippen LogP contribution in [0.2, 0.25) is 0 Å². The molecule has 1 aromatic heterocycles. The molecule has 6 heteroatoms. The van der Waals surface area contributed by atoms with Gasteiger partial charge in [-0.3, -0.25) is 9.67 Å². The van der Waals surface area contributed by atoms with E-state index < -0.39 is 0 Å². The van der Waals surface area contributed by atoms with Crippen LogP contribution >= 0.6 is 0 Å². The van der Waals surface area contributed by atoms with Crippen molar-refractivity contribution in [1.82, 2.24) is 20.4 Å². The van der Waals surface area contributed by atoms with Gasteiger partial charge in [-0.15, -0.1) is 0 Å². The van der Waals surface area contributed by atoms with E-state index in [-0.39, 0.29) is 5.60 Å². The van der Waals surface area contributed by atoms with E-state index in [1.165, 1.54) is 0 Å². The van der Waals surface area contributed by atoms with Crippen LogP contribution in [0.1, 0.15) is 26.7 Å². The number of nitrogens with one attached hydrogen (secondary N) is 2. The minimum absolute atomic E-state index is 0.0572. The van der Waals surface area contributed by atoms with Crippen molar-refractivity contribution in [3.8, 4) is 0 Å². The highest BCUT2D eigenvalue weighted by Gasteiger charge is 2.29. The van der Waals surface area contributed by atoms with E-state index in [0.29, 0.717) is 5.92 Å². The summed E-state index contributed by atoms with van der Waals surface area (Å²) in [5, 5.41) is 11.0. The van der Waals surface area contributed by atoms with Gasteiger partial charge in [0.1, 0.15) is 0 Å². The van der Waals surface area contributed by atoms with Crippen LogP contribution in [-0.4, -0.2) is 48.1 Å². The molecule has 0 bridgehead atoms. The Morgan fingerprint density at radius 1 is 1.52 bits per heavy atom. The molecular formula is C15H27N5O. The summed E-state index contributed by atoms with van der Waals surface area (Å²) in [6.07, 6.45) is 6.04. The highest BCUT2D eigenvalue weighted by Crippen LogP contribution is 2.23. The van der Waals surface area contributed by atoms with Gasteiger partial charge in [-0.2, -0.15) is 5.10 Å². The fraction of sp³-hybridized carbons (Fsp3) is 0.733. The first-order valence-electron chi connectivity index (χ1n) is 7.67. The van der Waals surface area contributed by atoms with Crippen molar-refractivity contribution >= 4 is 5.96 Å². The number of hydrogen-bond donors (Lipinski definition) is 2. The van der Waals surface area contributed by atoms with E-state index in [4.69, 9.17) is 4.74 Å². The Labute approximate surface area is 127 Å². The molecule has 1 fully saturated rings. The van der Waals surface area contributed by atoms with Crippen LogP contribution in [0.5, 0.6) is 0 Å². The summed E-state index contributed by atoms with van der Waals surface area (Å²) in [5.41, 5.74) is -0.0572. The molecule has 21 heavy (non-hydrogen) atoms. The fourth-order valence-electron chi connectivity index (χ4n) is 2.53. The van der Waals surface area contributed by atoms with E-state index in [1.807, 2.05) is 23.1 Å². The molecule has 0 amide bonds. The molecule has 0 saturated carbocycles. The first-order chi connectivity index (χ1) is 10.1. The molecule has 6 nitrogen and oxygen atoms in total. The Morgan fingerprint density at radius 3 is 3.00 bits per heavy atom. The molecule has 1 saturated heterocycles. The van der Waals surface area contributed by atoms with Crippen molar-refractivity contribution in [2.24, 2.45) is 10.9 Å². The molecule has 2 unspecified atom stereocenters. The molecule has 2 N–H and O–H groups in total. The van der Waals surface area contributed by atoms with Crippen molar-refractivity contribution in [3.63, 3.8) is 0 Å². The number of ether oxygens (including phenoxy) is 1. The number of aliphatic imine (C=N–C) groups is 1. The number of guanidine groups is 1. The third kappa shape index (κ3) is 5.04. The first kappa shape index (κ1) is 15.8. The van der Waals surface area contributed by atoms with Gasteiger partial charge in [-0.05, 0) is 31.7 Å². The Hall–Kier alpha value is -1.56. The molecule has 1 aliphatic rings. The lowest BCUT2D eigenvalue weighted by molar-refractivity contribution is 0.0242. The second kappa shape index (κ2) is 7.45. The first-order valence-corrected chi connectivity index (χ1v) is 7.67. The number of nitrogens with zero attached hydrogens (tertiary/aromatic N) is 3. The fourth-order valence-corrected chi connectivity index (χ4v) is 2.53. The average Bonchev–Trinajstić information content (AvgIpc) is 3.11. The van der Waals surface area contributed by atoms with Gasteiger partial charge in [0.15, 0.2) is 5.96 Å². The third-order valence-electron chi connectivity index (χ3n) is 3.83. The average molecular weight is 293 g/mol. The smallest absolute Gasteiger partial charge is 0.191 e. The second-order valence-electron chi connectivity index (χ2n) is 6.04. The predicted molar refractivity (Wildman–Crippen MR) is 84.3 cm³/mol. The molecule has 1 aromatic rings. The summed E-state index contributed by atoms with van der Waals surface area (Å²) in [7, 11) is 1.80. The third-order valence-corrected chi connectivity index (χ3v) is 3.83. The van der Waals surface area contributed by atoms with E-state index in [1.54, 1.807) is 7.05 Å². The molecule has 1 aliphatic heterocycles. The highest BCUT2D eigenvalue weighted by molar-refractivity contribution is 5.79. The molecule has 0 aliphatic carbocycles. The Balaban J connectivity index is 1.70. The summed E-state index contributed by atoms with van der Waals surface area (Å²) >= 11 is 0. The molecule has 0 radical (unpaired) electrons. The SMILES string of the molecule is CN=C(NCC(C)Cn1cccn1)NCC1(C)CCCO1. The predicted octanol–water partition coefficient (Wildman–Crippen LogP) is 1.25. The van der Waals surface area contributed by atoms with Gasteiger partial charge in [0.2, 0.25) is 0 Å². The Kier molecular flexibility index (Phi) is 5.61. The summed E-state index contributed by atoms with van der Waals surface area (Å²) in [5.74, 6) is 1.31. The number of rotatable bonds is 6. The van der Waals surface area contributed by atoms with Gasteiger partial charge < -0.3 is 15.4 Å². The maximum atomic E-state index is 5.77. The van der Waals surface area contributed by atoms with Gasteiger partial charge in [0.25, 0.3) is 0 Å². The largest absolute Gasteiger partial charge is 0.373 e. The standard InChI is InChI=1S/C15H27N5O/c1-13(11-20-8-5-7-19-20)10-17-14(16-3)18-12-15(2)6-4-9-21-15/h5,7-8,13H,4,6,9-12H2,1-3H3,(H2,16,17,18). The molecule has 2 rings (SSSR count). The quantitative estimate of drug-likeness (QED) is 0.612. The van der Waals surface area contributed by atoms with Crippen LogP contribution < -0.4 is 10.6 Å². The lowest BCUT2D eigenvalue weighted by Crippen LogP contribution is -2.46. The van der Waals surface area contributed by atoms with E-state index in [2.05, 4.69) is 34.6 Å². The zero-order valence-electron chi connectivity index (χ0n) is 13.3. The van der Waals surface area contributed by atoms with Crippen molar-refractivity contribution in [3.05, 3.63) is 18.5 Å². The van der Waals surface area contributed by atoms with Crippen LogP contribution in [0.25, 0.3) is 0 Å². The van der Waals surface area contributed by atoms with Crippen LogP contribution in [0, 0.1) is 5.92 Å². The van der Waals surface area contributed by atoms with Gasteiger partial charge in [0.05, 0.1) is 5.60 Å². The lowest BCUT2D eigenvalue weighted by atomic mass is 10.0. The van der Waals surface area contributed by atoms with Gasteiger partial charge in [-0.25, -0.2) is 0 Å². The molecular weight excluding hydrogens is 266 g/mol. The maximum absolute atomic E-state index is 5.77. The van der Waals surface area contributed by atoms with Gasteiger partial charge >= 0.3 is 0 Å². The highest BCUT2D eigenvalue weighted by atomic mass is 16.5. The van der Waals surface area contributed by atoms with E-state index >= 15 is 0 Å². The topological polar surface area (TPSA) is 63.5 Å². The lowest BCUT2D eigenvalue weighted by Gasteiger charge is -2.25. The van der Waals surface area contributed by atoms with Crippen molar-refractivity contribution in [1.29, 1.82) is 0 Å². The molecule has 118 valence electrons. The summed E-state index contributed by atoms with van der Waals surface area (Å²) in [4.78, 5) is 4.27. The zero-order valence-corrected chi connectivity index (χ0v) is 13.3. The zero-order chi connectivity index (χ0) is 15.1. The molecule has 2 atom stereocenters. The van der Waals surface area contributed by atoms with Crippen molar-refractivity contribution < 1.29 is 4.74 Å². The van der Waals surface area contributed by atoms with Gasteiger partial charge in [0, 0.05) is 45.7 Å². The molecule has 0 spiro atoms. The summed E-state index contributed by atoms with van der Waals surface area (Å²) in [6.45, 7) is 7.77. The second-order valence-corrected chi connectivity index (χ2v) is 6.04. The minimum atomic E-state index is -0.0572. The number of hydrogen-bond acceptors (Lipinski definition) is 3. The Morgan fingerprint density at radius 2 is 2.38 bits per heavy atom. The minimum Gasteiger partial charge on any atom is -0.373 e. The van der Waals surface area contributed by atoms with Gasteiger partial charge in [-0.1, -0.05) is 6.92 Å². The molecule has 0 aromatic carbocycles. The normalized spacial score (nSPS) is 24.0. The van der Waals surface area contributed by atoms with Crippen LogP contribution in [0.15, 0.2) is 23.5 Å². The summed E-state index contributed by atoms with van der Waals surface area (Å²) in [6, 6.07) is 1.95. The maximum Gasteiger partial charge on any atom is 0.191 e. The van der Waals surface area contributed by atoms with Crippen LogP contribution in [-0.2, 0) is 11.3 Å². The molecule has 2 heterocycles. The van der Waals surface area contributed by atoms with Crippen molar-refractivity contribution in [2.75, 3.05) is 26.7 Å².